The predicted molar refractivity (Wildman–Crippen MR) is 97.1 cm³/mol. The van der Waals surface area contributed by atoms with E-state index in [1.807, 2.05) is 12.3 Å². The fourth-order valence-electron chi connectivity index (χ4n) is 3.92. The SMILES string of the molecule is c1ccc(CN2CCC3(CC2)CC(OCc2cccnc2)CO3)cc1. The number of aromatic nitrogens is 1. The Labute approximate surface area is 149 Å². The van der Waals surface area contributed by atoms with Gasteiger partial charge in [-0.1, -0.05) is 36.4 Å². The summed E-state index contributed by atoms with van der Waals surface area (Å²) in [4.78, 5) is 6.67. The number of likely N-dealkylation sites (tertiary alicyclic amines) is 1. The fourth-order valence-corrected chi connectivity index (χ4v) is 3.92. The van der Waals surface area contributed by atoms with E-state index in [-0.39, 0.29) is 11.7 Å². The van der Waals surface area contributed by atoms with Crippen molar-refractivity contribution in [1.29, 1.82) is 0 Å². The molecule has 4 heteroatoms. The number of benzene rings is 1. The molecule has 1 spiro atoms. The Morgan fingerprint density at radius 1 is 1.08 bits per heavy atom. The van der Waals surface area contributed by atoms with Crippen molar-refractivity contribution in [2.45, 2.75) is 44.1 Å². The second kappa shape index (κ2) is 7.65. The molecule has 2 aromatic rings. The van der Waals surface area contributed by atoms with Gasteiger partial charge in [-0.3, -0.25) is 9.88 Å². The van der Waals surface area contributed by atoms with Crippen molar-refractivity contribution < 1.29 is 9.47 Å². The lowest BCUT2D eigenvalue weighted by molar-refractivity contribution is -0.0468. The van der Waals surface area contributed by atoms with Crippen LogP contribution < -0.4 is 0 Å². The highest BCUT2D eigenvalue weighted by molar-refractivity contribution is 5.14. The zero-order valence-corrected chi connectivity index (χ0v) is 14.6. The Kier molecular flexibility index (Phi) is 5.11. The topological polar surface area (TPSA) is 34.6 Å². The summed E-state index contributed by atoms with van der Waals surface area (Å²) in [5, 5.41) is 0. The minimum Gasteiger partial charge on any atom is -0.372 e. The van der Waals surface area contributed by atoms with Crippen LogP contribution in [0.4, 0.5) is 0 Å². The molecule has 2 aliphatic heterocycles. The Morgan fingerprint density at radius 3 is 2.64 bits per heavy atom. The van der Waals surface area contributed by atoms with E-state index < -0.39 is 0 Å². The van der Waals surface area contributed by atoms with Crippen molar-refractivity contribution in [3.63, 3.8) is 0 Å². The lowest BCUT2D eigenvalue weighted by atomic mass is 9.88. The highest BCUT2D eigenvalue weighted by Crippen LogP contribution is 2.37. The summed E-state index contributed by atoms with van der Waals surface area (Å²) < 4.78 is 12.3. The molecule has 1 atom stereocenters. The molecule has 132 valence electrons. The van der Waals surface area contributed by atoms with Crippen LogP contribution in [-0.4, -0.2) is 41.3 Å². The molecule has 2 fully saturated rings. The summed E-state index contributed by atoms with van der Waals surface area (Å²) >= 11 is 0. The van der Waals surface area contributed by atoms with Crippen LogP contribution in [0.3, 0.4) is 0 Å². The molecule has 1 aromatic heterocycles. The summed E-state index contributed by atoms with van der Waals surface area (Å²) in [5.41, 5.74) is 2.55. The van der Waals surface area contributed by atoms with Gasteiger partial charge in [0.15, 0.2) is 0 Å². The summed E-state index contributed by atoms with van der Waals surface area (Å²) in [6.07, 6.45) is 7.10. The van der Waals surface area contributed by atoms with E-state index in [2.05, 4.69) is 46.3 Å². The highest BCUT2D eigenvalue weighted by atomic mass is 16.6. The Morgan fingerprint density at radius 2 is 1.88 bits per heavy atom. The first-order valence-electron chi connectivity index (χ1n) is 9.22. The van der Waals surface area contributed by atoms with Crippen molar-refractivity contribution in [2.75, 3.05) is 19.7 Å². The molecule has 1 aromatic carbocycles. The van der Waals surface area contributed by atoms with Gasteiger partial charge in [0.25, 0.3) is 0 Å². The highest BCUT2D eigenvalue weighted by Gasteiger charge is 2.43. The van der Waals surface area contributed by atoms with Gasteiger partial charge in [0.05, 0.1) is 24.9 Å². The molecule has 0 N–H and O–H groups in total. The van der Waals surface area contributed by atoms with Gasteiger partial charge in [0, 0.05) is 38.4 Å². The van der Waals surface area contributed by atoms with Crippen molar-refractivity contribution in [3.8, 4) is 0 Å². The van der Waals surface area contributed by atoms with Gasteiger partial charge < -0.3 is 9.47 Å². The maximum absolute atomic E-state index is 6.21. The van der Waals surface area contributed by atoms with Crippen LogP contribution >= 0.6 is 0 Å². The molecule has 0 bridgehead atoms. The second-order valence-electron chi connectivity index (χ2n) is 7.25. The standard InChI is InChI=1S/C21H26N2O2/c1-2-5-18(6-3-1)15-23-11-8-21(9-12-23)13-20(17-25-21)24-16-19-7-4-10-22-14-19/h1-7,10,14,20H,8-9,11-13,15-17H2. The molecule has 1 unspecified atom stereocenters. The van der Waals surface area contributed by atoms with Crippen LogP contribution in [0.1, 0.15) is 30.4 Å². The number of ether oxygens (including phenoxy) is 2. The average molecular weight is 338 g/mol. The van der Waals surface area contributed by atoms with Crippen molar-refractivity contribution in [3.05, 3.63) is 66.0 Å². The number of pyridine rings is 1. The smallest absolute Gasteiger partial charge is 0.0840 e. The third-order valence-electron chi connectivity index (χ3n) is 5.40. The fraction of sp³-hybridized carbons (Fsp3) is 0.476. The predicted octanol–water partition coefficient (Wildman–Crippen LogP) is 3.42. The van der Waals surface area contributed by atoms with Crippen molar-refractivity contribution in [2.24, 2.45) is 0 Å². The number of nitrogens with zero attached hydrogens (tertiary/aromatic N) is 2. The molecule has 2 saturated heterocycles. The van der Waals surface area contributed by atoms with Gasteiger partial charge in [0.2, 0.25) is 0 Å². The zero-order valence-electron chi connectivity index (χ0n) is 14.6. The van der Waals surface area contributed by atoms with Gasteiger partial charge in [0.1, 0.15) is 0 Å². The van der Waals surface area contributed by atoms with Crippen LogP contribution in [0.5, 0.6) is 0 Å². The Balaban J connectivity index is 1.24. The summed E-state index contributed by atoms with van der Waals surface area (Å²) in [6, 6.07) is 14.7. The summed E-state index contributed by atoms with van der Waals surface area (Å²) in [7, 11) is 0. The van der Waals surface area contributed by atoms with Crippen LogP contribution in [-0.2, 0) is 22.6 Å². The third kappa shape index (κ3) is 4.27. The van der Waals surface area contributed by atoms with Crippen molar-refractivity contribution in [1.82, 2.24) is 9.88 Å². The molecular weight excluding hydrogens is 312 g/mol. The Hall–Kier alpha value is -1.75. The van der Waals surface area contributed by atoms with Crippen LogP contribution in [0.15, 0.2) is 54.9 Å². The van der Waals surface area contributed by atoms with Crippen molar-refractivity contribution >= 4 is 0 Å². The minimum absolute atomic E-state index is 0.0345. The molecule has 0 aliphatic carbocycles. The summed E-state index contributed by atoms with van der Waals surface area (Å²) in [6.45, 7) is 4.59. The van der Waals surface area contributed by atoms with Gasteiger partial charge >= 0.3 is 0 Å². The van der Waals surface area contributed by atoms with E-state index in [1.165, 1.54) is 5.56 Å². The molecule has 3 heterocycles. The molecular formula is C21H26N2O2. The first kappa shape index (κ1) is 16.7. The minimum atomic E-state index is 0.0345. The maximum atomic E-state index is 6.21. The van der Waals surface area contributed by atoms with E-state index >= 15 is 0 Å². The molecule has 2 aliphatic rings. The number of hydrogen-bond donors (Lipinski definition) is 0. The lowest BCUT2D eigenvalue weighted by Crippen LogP contribution is -2.43. The van der Waals surface area contributed by atoms with Gasteiger partial charge in [-0.25, -0.2) is 0 Å². The molecule has 0 radical (unpaired) electrons. The van der Waals surface area contributed by atoms with E-state index in [9.17, 15) is 0 Å². The number of piperidine rings is 1. The number of hydrogen-bond acceptors (Lipinski definition) is 4. The van der Waals surface area contributed by atoms with E-state index in [0.717, 1.165) is 51.1 Å². The Bertz CT molecular complexity index is 654. The largest absolute Gasteiger partial charge is 0.372 e. The second-order valence-corrected chi connectivity index (χ2v) is 7.25. The van der Waals surface area contributed by atoms with Gasteiger partial charge in [-0.15, -0.1) is 0 Å². The molecule has 0 amide bonds. The lowest BCUT2D eigenvalue weighted by Gasteiger charge is -2.38. The van der Waals surface area contributed by atoms with Crippen LogP contribution in [0.25, 0.3) is 0 Å². The average Bonchev–Trinajstić information content (AvgIpc) is 3.07. The molecule has 4 nitrogen and oxygen atoms in total. The van der Waals surface area contributed by atoms with Gasteiger partial charge in [-0.2, -0.15) is 0 Å². The quantitative estimate of drug-likeness (QED) is 0.837. The zero-order chi connectivity index (χ0) is 17.0. The van der Waals surface area contributed by atoms with E-state index in [0.29, 0.717) is 6.61 Å². The molecule has 0 saturated carbocycles. The van der Waals surface area contributed by atoms with Crippen LogP contribution in [0, 0.1) is 0 Å². The number of rotatable bonds is 5. The molecule has 25 heavy (non-hydrogen) atoms. The first-order valence-corrected chi connectivity index (χ1v) is 9.22. The van der Waals surface area contributed by atoms with Gasteiger partial charge in [-0.05, 0) is 30.0 Å². The first-order chi connectivity index (χ1) is 12.3. The molecule has 4 rings (SSSR count). The maximum Gasteiger partial charge on any atom is 0.0840 e. The third-order valence-corrected chi connectivity index (χ3v) is 5.40. The summed E-state index contributed by atoms with van der Waals surface area (Å²) in [5.74, 6) is 0. The van der Waals surface area contributed by atoms with E-state index in [1.54, 1.807) is 6.20 Å². The normalized spacial score (nSPS) is 23.1. The van der Waals surface area contributed by atoms with Crippen LogP contribution in [0.2, 0.25) is 0 Å². The van der Waals surface area contributed by atoms with E-state index in [4.69, 9.17) is 9.47 Å². The monoisotopic (exact) mass is 338 g/mol.